The average Bonchev–Trinajstić information content (AvgIpc) is 2.75. The monoisotopic (exact) mass is 398 g/mol. The van der Waals surface area contributed by atoms with Gasteiger partial charge in [-0.3, -0.25) is 0 Å². The first-order valence-electron chi connectivity index (χ1n) is 10.3. The van der Waals surface area contributed by atoms with Crippen LogP contribution in [0.2, 0.25) is 0 Å². The number of aryl methyl sites for hydroxylation is 1. The Balaban J connectivity index is 1.63. The van der Waals surface area contributed by atoms with E-state index in [0.29, 0.717) is 11.2 Å². The maximum Gasteiger partial charge on any atom is 0.171 e. The van der Waals surface area contributed by atoms with Gasteiger partial charge in [0.1, 0.15) is 11.8 Å². The average molecular weight is 399 g/mol. The molecule has 1 saturated heterocycles. The fourth-order valence-electron chi connectivity index (χ4n) is 3.88. The van der Waals surface area contributed by atoms with Crippen molar-refractivity contribution >= 4 is 23.0 Å². The lowest BCUT2D eigenvalue weighted by Crippen LogP contribution is -3.13. The molecule has 0 saturated carbocycles. The molecule has 1 aliphatic rings. The molecule has 150 valence electrons. The van der Waals surface area contributed by atoms with Crippen molar-refractivity contribution in [3.05, 3.63) is 59.7 Å². The largest absolute Gasteiger partial charge is 0.497 e. The van der Waals surface area contributed by atoms with Gasteiger partial charge in [0.15, 0.2) is 5.11 Å². The lowest BCUT2D eigenvalue weighted by Gasteiger charge is -2.32. The van der Waals surface area contributed by atoms with E-state index >= 15 is 0 Å². The molecule has 0 spiro atoms. The summed E-state index contributed by atoms with van der Waals surface area (Å²) in [5.41, 5.74) is 3.69. The highest BCUT2D eigenvalue weighted by Crippen LogP contribution is 2.17. The van der Waals surface area contributed by atoms with Gasteiger partial charge in [-0.15, -0.1) is 0 Å². The number of thiocarbonyl (C=S) groups is 1. The quantitative estimate of drug-likeness (QED) is 0.626. The van der Waals surface area contributed by atoms with E-state index in [0.717, 1.165) is 24.4 Å². The molecule has 3 N–H and O–H groups in total. The van der Waals surface area contributed by atoms with E-state index in [1.807, 2.05) is 0 Å². The van der Waals surface area contributed by atoms with E-state index in [1.54, 1.807) is 12.0 Å². The van der Waals surface area contributed by atoms with Gasteiger partial charge in [0.25, 0.3) is 0 Å². The van der Waals surface area contributed by atoms with Gasteiger partial charge in [0.2, 0.25) is 0 Å². The zero-order valence-corrected chi connectivity index (χ0v) is 17.8. The standard InChI is InChI=1S/C23H31N3OS/c1-3-18-7-11-20(12-8-18)25-23(28)24-17-22(26-15-5-4-6-16-26)19-9-13-21(27-2)14-10-19/h7-14,22H,3-6,15-17H2,1-2H3,(H2,24,25,28)/p+1/t22-/m0/s1. The first-order valence-corrected chi connectivity index (χ1v) is 10.7. The molecule has 5 heteroatoms. The topological polar surface area (TPSA) is 37.7 Å². The van der Waals surface area contributed by atoms with E-state index in [1.165, 1.54) is 43.5 Å². The number of anilines is 1. The van der Waals surface area contributed by atoms with Crippen molar-refractivity contribution in [2.75, 3.05) is 32.1 Å². The Morgan fingerprint density at radius 3 is 2.32 bits per heavy atom. The second-order valence-electron chi connectivity index (χ2n) is 7.43. The van der Waals surface area contributed by atoms with Crippen LogP contribution in [0.3, 0.4) is 0 Å². The van der Waals surface area contributed by atoms with Crippen molar-refractivity contribution in [2.45, 2.75) is 38.6 Å². The third kappa shape index (κ3) is 5.69. The molecule has 0 amide bonds. The van der Waals surface area contributed by atoms with Crippen LogP contribution >= 0.6 is 12.2 Å². The van der Waals surface area contributed by atoms with Crippen molar-refractivity contribution < 1.29 is 9.64 Å². The second kappa shape index (κ2) is 10.4. The molecule has 1 atom stereocenters. The first kappa shape index (κ1) is 20.6. The van der Waals surface area contributed by atoms with E-state index in [2.05, 4.69) is 66.1 Å². The Kier molecular flexibility index (Phi) is 7.69. The SMILES string of the molecule is CCc1ccc(NC(=S)NC[C@@H](c2ccc(OC)cc2)[NH+]2CCCCC2)cc1. The van der Waals surface area contributed by atoms with Crippen LogP contribution in [-0.4, -0.2) is 31.9 Å². The highest BCUT2D eigenvalue weighted by molar-refractivity contribution is 7.80. The van der Waals surface area contributed by atoms with Gasteiger partial charge in [-0.25, -0.2) is 0 Å². The summed E-state index contributed by atoms with van der Waals surface area (Å²) in [5, 5.41) is 7.44. The molecule has 2 aromatic carbocycles. The number of benzene rings is 2. The minimum Gasteiger partial charge on any atom is -0.497 e. The smallest absolute Gasteiger partial charge is 0.171 e. The summed E-state index contributed by atoms with van der Waals surface area (Å²) < 4.78 is 5.32. The van der Waals surface area contributed by atoms with Crippen LogP contribution < -0.4 is 20.3 Å². The highest BCUT2D eigenvalue weighted by Gasteiger charge is 2.26. The van der Waals surface area contributed by atoms with Crippen LogP contribution in [0.1, 0.15) is 43.4 Å². The number of piperidine rings is 1. The van der Waals surface area contributed by atoms with Gasteiger partial charge < -0.3 is 20.3 Å². The number of rotatable bonds is 7. The molecule has 0 aromatic heterocycles. The molecule has 0 bridgehead atoms. The summed E-state index contributed by atoms with van der Waals surface area (Å²) >= 11 is 5.56. The first-order chi connectivity index (χ1) is 13.7. The van der Waals surface area contributed by atoms with E-state index < -0.39 is 0 Å². The Labute approximate surface area is 174 Å². The molecular formula is C23H32N3OS+. The summed E-state index contributed by atoms with van der Waals surface area (Å²) in [5.74, 6) is 0.900. The zero-order chi connectivity index (χ0) is 19.8. The van der Waals surface area contributed by atoms with Gasteiger partial charge in [0.05, 0.1) is 26.7 Å². The Morgan fingerprint density at radius 2 is 1.71 bits per heavy atom. The van der Waals surface area contributed by atoms with Crippen LogP contribution in [0.4, 0.5) is 5.69 Å². The Bertz CT molecular complexity index is 739. The molecule has 0 radical (unpaired) electrons. The van der Waals surface area contributed by atoms with E-state index in [4.69, 9.17) is 17.0 Å². The Morgan fingerprint density at radius 1 is 1.04 bits per heavy atom. The number of nitrogens with one attached hydrogen (secondary N) is 3. The van der Waals surface area contributed by atoms with Crippen LogP contribution in [0.25, 0.3) is 0 Å². The predicted octanol–water partition coefficient (Wildman–Crippen LogP) is 3.35. The van der Waals surface area contributed by atoms with Crippen LogP contribution in [0.15, 0.2) is 48.5 Å². The van der Waals surface area contributed by atoms with Crippen molar-refractivity contribution in [1.29, 1.82) is 0 Å². The molecule has 4 nitrogen and oxygen atoms in total. The maximum atomic E-state index is 5.56. The molecule has 1 aliphatic heterocycles. The van der Waals surface area contributed by atoms with Crippen molar-refractivity contribution in [1.82, 2.24) is 5.32 Å². The lowest BCUT2D eigenvalue weighted by molar-refractivity contribution is -0.934. The van der Waals surface area contributed by atoms with Crippen molar-refractivity contribution in [2.24, 2.45) is 0 Å². The van der Waals surface area contributed by atoms with Gasteiger partial charge in [-0.1, -0.05) is 19.1 Å². The van der Waals surface area contributed by atoms with Gasteiger partial charge >= 0.3 is 0 Å². The maximum absolute atomic E-state index is 5.56. The van der Waals surface area contributed by atoms with Crippen molar-refractivity contribution in [3.63, 3.8) is 0 Å². The number of likely N-dealkylation sites (tertiary alicyclic amines) is 1. The van der Waals surface area contributed by atoms with Gasteiger partial charge in [0, 0.05) is 11.3 Å². The summed E-state index contributed by atoms with van der Waals surface area (Å²) in [6.45, 7) is 5.42. The Hall–Kier alpha value is -2.11. The number of hydrogen-bond donors (Lipinski definition) is 3. The van der Waals surface area contributed by atoms with Crippen LogP contribution in [-0.2, 0) is 6.42 Å². The number of quaternary nitrogens is 1. The van der Waals surface area contributed by atoms with Gasteiger partial charge in [-0.05, 0) is 79.9 Å². The third-order valence-corrected chi connectivity index (χ3v) is 5.84. The summed E-state index contributed by atoms with van der Waals surface area (Å²) in [6.07, 6.45) is 4.99. The lowest BCUT2D eigenvalue weighted by atomic mass is 10.0. The molecule has 1 fully saturated rings. The van der Waals surface area contributed by atoms with E-state index in [9.17, 15) is 0 Å². The third-order valence-electron chi connectivity index (χ3n) is 5.59. The zero-order valence-electron chi connectivity index (χ0n) is 17.0. The number of hydrogen-bond acceptors (Lipinski definition) is 2. The number of methoxy groups -OCH3 is 1. The fraction of sp³-hybridized carbons (Fsp3) is 0.435. The van der Waals surface area contributed by atoms with Crippen LogP contribution in [0, 0.1) is 0 Å². The molecule has 0 aliphatic carbocycles. The predicted molar refractivity (Wildman–Crippen MR) is 120 cm³/mol. The second-order valence-corrected chi connectivity index (χ2v) is 7.84. The molecular weight excluding hydrogens is 366 g/mol. The normalized spacial score (nSPS) is 15.6. The van der Waals surface area contributed by atoms with Crippen LogP contribution in [0.5, 0.6) is 5.75 Å². The summed E-state index contributed by atoms with van der Waals surface area (Å²) in [6, 6.07) is 17.3. The fourth-order valence-corrected chi connectivity index (χ4v) is 4.08. The number of ether oxygens (including phenoxy) is 1. The highest BCUT2D eigenvalue weighted by atomic mass is 32.1. The van der Waals surface area contributed by atoms with E-state index in [-0.39, 0.29) is 0 Å². The molecule has 1 heterocycles. The van der Waals surface area contributed by atoms with Crippen molar-refractivity contribution in [3.8, 4) is 5.75 Å². The molecule has 3 rings (SSSR count). The summed E-state index contributed by atoms with van der Waals surface area (Å²) in [7, 11) is 1.71. The minimum absolute atomic E-state index is 0.383. The van der Waals surface area contributed by atoms with Gasteiger partial charge in [-0.2, -0.15) is 0 Å². The molecule has 2 aromatic rings. The summed E-state index contributed by atoms with van der Waals surface area (Å²) in [4.78, 5) is 1.64. The molecule has 0 unspecified atom stereocenters. The molecule has 28 heavy (non-hydrogen) atoms. The minimum atomic E-state index is 0.383.